The average Bonchev–Trinajstić information content (AvgIpc) is 3.49. The number of aromatic nitrogens is 1. The molecule has 0 radical (unpaired) electrons. The van der Waals surface area contributed by atoms with E-state index in [0.29, 0.717) is 31.0 Å². The Labute approximate surface area is 204 Å². The molecule has 9 heteroatoms. The van der Waals surface area contributed by atoms with Crippen LogP contribution < -0.4 is 16.0 Å². The summed E-state index contributed by atoms with van der Waals surface area (Å²) in [6.07, 6.45) is 6.68. The molecule has 2 heterocycles. The van der Waals surface area contributed by atoms with Crippen LogP contribution in [0.25, 0.3) is 10.9 Å². The minimum Gasteiger partial charge on any atom is -0.467 e. The van der Waals surface area contributed by atoms with Crippen LogP contribution in [0.2, 0.25) is 0 Å². The Hall–Kier alpha value is -3.36. The molecule has 3 amide bonds. The number of fused-ring (bicyclic) bond motifs is 1. The Bertz CT molecular complexity index is 1040. The zero-order valence-electron chi connectivity index (χ0n) is 20.1. The van der Waals surface area contributed by atoms with Gasteiger partial charge in [-0.3, -0.25) is 14.4 Å². The first kappa shape index (κ1) is 24.8. The van der Waals surface area contributed by atoms with Gasteiger partial charge in [-0.25, -0.2) is 4.79 Å². The van der Waals surface area contributed by atoms with Crippen molar-refractivity contribution in [3.8, 4) is 0 Å². The number of aromatic amines is 1. The molecule has 1 saturated heterocycles. The quantitative estimate of drug-likeness (QED) is 0.408. The van der Waals surface area contributed by atoms with E-state index < -0.39 is 24.0 Å². The monoisotopic (exact) mass is 482 g/mol. The number of ether oxygens (including phenoxy) is 1. The van der Waals surface area contributed by atoms with E-state index >= 15 is 0 Å². The third-order valence-electron chi connectivity index (χ3n) is 7.18. The molecule has 9 nitrogen and oxygen atoms in total. The molecule has 188 valence electrons. The predicted octanol–water partition coefficient (Wildman–Crippen LogP) is 2.42. The Balaban J connectivity index is 1.49. The van der Waals surface area contributed by atoms with Gasteiger partial charge in [0.05, 0.1) is 7.11 Å². The molecule has 4 N–H and O–H groups in total. The summed E-state index contributed by atoms with van der Waals surface area (Å²) < 4.78 is 4.89. The van der Waals surface area contributed by atoms with Crippen molar-refractivity contribution in [1.82, 2.24) is 20.9 Å². The van der Waals surface area contributed by atoms with Crippen molar-refractivity contribution < 1.29 is 23.9 Å². The Morgan fingerprint density at radius 1 is 1.03 bits per heavy atom. The van der Waals surface area contributed by atoms with Gasteiger partial charge in [-0.05, 0) is 37.3 Å². The molecular formula is C26H34N4O5. The van der Waals surface area contributed by atoms with Crippen molar-refractivity contribution >= 4 is 34.6 Å². The molecule has 2 aromatic rings. The highest BCUT2D eigenvalue weighted by Crippen LogP contribution is 2.28. The van der Waals surface area contributed by atoms with E-state index in [9.17, 15) is 19.2 Å². The van der Waals surface area contributed by atoms with Crippen molar-refractivity contribution in [2.75, 3.05) is 13.7 Å². The normalized spacial score (nSPS) is 20.1. The molecule has 2 aliphatic rings. The Morgan fingerprint density at radius 2 is 1.80 bits per heavy atom. The van der Waals surface area contributed by atoms with Crippen LogP contribution in [0, 0.1) is 11.8 Å². The lowest BCUT2D eigenvalue weighted by Crippen LogP contribution is -2.53. The smallest absolute Gasteiger partial charge is 0.328 e. The molecule has 1 saturated carbocycles. The summed E-state index contributed by atoms with van der Waals surface area (Å²) in [6, 6.07) is 7.58. The minimum atomic E-state index is -0.958. The van der Waals surface area contributed by atoms with Crippen LogP contribution in [0.5, 0.6) is 0 Å². The van der Waals surface area contributed by atoms with Crippen LogP contribution in [-0.2, 0) is 19.1 Å². The number of hydrogen-bond acceptors (Lipinski definition) is 5. The SMILES string of the molecule is COC(=O)[C@H](CC1CCNC1=O)NC(=O)[C@H](CC1CCCCC1)NC(=O)c1cc2ccccc2[nH]1. The van der Waals surface area contributed by atoms with E-state index in [4.69, 9.17) is 4.74 Å². The highest BCUT2D eigenvalue weighted by atomic mass is 16.5. The standard InChI is InChI=1S/C26H34N4O5/c1-35-26(34)22(15-18-11-12-27-23(18)31)30-24(32)20(13-16-7-3-2-4-8-16)29-25(33)21-14-17-9-5-6-10-19(17)28-21/h5-6,9-10,14,16,18,20,22,28H,2-4,7-8,11-13,15H2,1H3,(H,27,31)(H,29,33)(H,30,32)/t18?,20-,22-/m0/s1. The summed E-state index contributed by atoms with van der Waals surface area (Å²) in [4.78, 5) is 54.1. The summed E-state index contributed by atoms with van der Waals surface area (Å²) in [5.74, 6) is -1.58. The van der Waals surface area contributed by atoms with E-state index in [1.54, 1.807) is 6.07 Å². The van der Waals surface area contributed by atoms with Gasteiger partial charge < -0.3 is 25.7 Å². The molecule has 1 unspecified atom stereocenters. The van der Waals surface area contributed by atoms with E-state index in [2.05, 4.69) is 20.9 Å². The first-order valence-electron chi connectivity index (χ1n) is 12.5. The van der Waals surface area contributed by atoms with Crippen molar-refractivity contribution in [3.05, 3.63) is 36.0 Å². The summed E-state index contributed by atoms with van der Waals surface area (Å²) in [6.45, 7) is 0.552. The molecule has 3 atom stereocenters. The highest BCUT2D eigenvalue weighted by Gasteiger charge is 2.34. The predicted molar refractivity (Wildman–Crippen MR) is 130 cm³/mol. The van der Waals surface area contributed by atoms with Crippen LogP contribution in [0.3, 0.4) is 0 Å². The number of para-hydroxylation sites is 1. The van der Waals surface area contributed by atoms with Gasteiger partial charge in [-0.15, -0.1) is 0 Å². The number of carbonyl (C=O) groups is 4. The number of hydrogen-bond donors (Lipinski definition) is 4. The molecule has 0 spiro atoms. The molecule has 1 aliphatic heterocycles. The van der Waals surface area contributed by atoms with Gasteiger partial charge in [0.15, 0.2) is 0 Å². The van der Waals surface area contributed by atoms with Crippen molar-refractivity contribution in [1.29, 1.82) is 0 Å². The van der Waals surface area contributed by atoms with Gasteiger partial charge in [0, 0.05) is 23.4 Å². The minimum absolute atomic E-state index is 0.126. The molecule has 1 aliphatic carbocycles. The van der Waals surface area contributed by atoms with E-state index in [0.717, 1.165) is 36.6 Å². The average molecular weight is 483 g/mol. The third-order valence-corrected chi connectivity index (χ3v) is 7.18. The van der Waals surface area contributed by atoms with Gasteiger partial charge in [0.2, 0.25) is 11.8 Å². The second kappa shape index (κ2) is 11.4. The van der Waals surface area contributed by atoms with Gasteiger partial charge in [-0.2, -0.15) is 0 Å². The van der Waals surface area contributed by atoms with Crippen molar-refractivity contribution in [3.63, 3.8) is 0 Å². The molecule has 0 bridgehead atoms. The molecule has 4 rings (SSSR count). The fraction of sp³-hybridized carbons (Fsp3) is 0.538. The Morgan fingerprint density at radius 3 is 2.49 bits per heavy atom. The molecule has 35 heavy (non-hydrogen) atoms. The number of carbonyl (C=O) groups excluding carboxylic acids is 4. The molecule has 1 aromatic carbocycles. The summed E-state index contributed by atoms with van der Waals surface area (Å²) in [5.41, 5.74) is 1.21. The zero-order valence-corrected chi connectivity index (χ0v) is 20.1. The van der Waals surface area contributed by atoms with Crippen LogP contribution in [0.4, 0.5) is 0 Å². The van der Waals surface area contributed by atoms with Gasteiger partial charge in [-0.1, -0.05) is 50.3 Å². The first-order valence-corrected chi connectivity index (χ1v) is 12.5. The van der Waals surface area contributed by atoms with Crippen molar-refractivity contribution in [2.45, 2.75) is 63.5 Å². The molecule has 2 fully saturated rings. The van der Waals surface area contributed by atoms with Gasteiger partial charge in [0.25, 0.3) is 5.91 Å². The number of rotatable bonds is 9. The lowest BCUT2D eigenvalue weighted by Gasteiger charge is -2.28. The molecular weight excluding hydrogens is 448 g/mol. The third kappa shape index (κ3) is 6.21. The summed E-state index contributed by atoms with van der Waals surface area (Å²) >= 11 is 0. The fourth-order valence-corrected chi connectivity index (χ4v) is 5.20. The van der Waals surface area contributed by atoms with Crippen LogP contribution in [0.15, 0.2) is 30.3 Å². The number of methoxy groups -OCH3 is 1. The number of benzene rings is 1. The van der Waals surface area contributed by atoms with Crippen LogP contribution >= 0.6 is 0 Å². The van der Waals surface area contributed by atoms with E-state index in [-0.39, 0.29) is 24.2 Å². The maximum absolute atomic E-state index is 13.4. The second-order valence-corrected chi connectivity index (χ2v) is 9.63. The lowest BCUT2D eigenvalue weighted by molar-refractivity contribution is -0.146. The van der Waals surface area contributed by atoms with Gasteiger partial charge in [0.1, 0.15) is 17.8 Å². The topological polar surface area (TPSA) is 129 Å². The van der Waals surface area contributed by atoms with Crippen LogP contribution in [0.1, 0.15) is 61.9 Å². The summed E-state index contributed by atoms with van der Waals surface area (Å²) in [5, 5.41) is 9.32. The second-order valence-electron chi connectivity index (χ2n) is 9.63. The summed E-state index contributed by atoms with van der Waals surface area (Å²) in [7, 11) is 1.26. The number of nitrogens with one attached hydrogen (secondary N) is 4. The van der Waals surface area contributed by atoms with E-state index in [1.807, 2.05) is 24.3 Å². The number of amides is 3. The number of esters is 1. The maximum Gasteiger partial charge on any atom is 0.328 e. The molecule has 1 aromatic heterocycles. The van der Waals surface area contributed by atoms with Crippen LogP contribution in [-0.4, -0.2) is 54.4 Å². The lowest BCUT2D eigenvalue weighted by atomic mass is 9.84. The highest BCUT2D eigenvalue weighted by molar-refractivity contribution is 6.00. The van der Waals surface area contributed by atoms with E-state index in [1.165, 1.54) is 13.5 Å². The van der Waals surface area contributed by atoms with Gasteiger partial charge >= 0.3 is 5.97 Å². The largest absolute Gasteiger partial charge is 0.467 e. The first-order chi connectivity index (χ1) is 16.9. The zero-order chi connectivity index (χ0) is 24.8. The Kier molecular flexibility index (Phi) is 8.05. The van der Waals surface area contributed by atoms with Crippen molar-refractivity contribution in [2.24, 2.45) is 11.8 Å². The maximum atomic E-state index is 13.4. The number of H-pyrrole nitrogens is 1. The fourth-order valence-electron chi connectivity index (χ4n) is 5.20.